The Morgan fingerprint density at radius 2 is 2.08 bits per heavy atom. The molecule has 74 valence electrons. The summed E-state index contributed by atoms with van der Waals surface area (Å²) in [5.74, 6) is 0.970. The SMILES string of the molecule is C#CCS(=O)(=O)OCCOC(C)=O. The van der Waals surface area contributed by atoms with E-state index in [1.54, 1.807) is 0 Å². The fourth-order valence-corrected chi connectivity index (χ4v) is 1.10. The molecule has 5 nitrogen and oxygen atoms in total. The van der Waals surface area contributed by atoms with Gasteiger partial charge in [-0.15, -0.1) is 6.42 Å². The van der Waals surface area contributed by atoms with E-state index in [1.807, 2.05) is 5.92 Å². The van der Waals surface area contributed by atoms with E-state index < -0.39 is 21.8 Å². The second-order valence-electron chi connectivity index (χ2n) is 2.07. The lowest BCUT2D eigenvalue weighted by molar-refractivity contribution is -0.141. The molecule has 0 unspecified atom stereocenters. The van der Waals surface area contributed by atoms with E-state index in [0.717, 1.165) is 0 Å². The number of ether oxygens (including phenoxy) is 1. The standard InChI is InChI=1S/C7H10O5S/c1-3-6-13(9,10)12-5-4-11-7(2)8/h1H,4-6H2,2H3. The number of terminal acetylenes is 1. The first kappa shape index (κ1) is 11.9. The van der Waals surface area contributed by atoms with Crippen LogP contribution in [0.2, 0.25) is 0 Å². The molecular weight excluding hydrogens is 196 g/mol. The summed E-state index contributed by atoms with van der Waals surface area (Å²) in [6, 6.07) is 0. The molecule has 0 radical (unpaired) electrons. The molecule has 0 aliphatic rings. The van der Waals surface area contributed by atoms with Crippen molar-refractivity contribution in [2.24, 2.45) is 0 Å². The Hall–Kier alpha value is -1.06. The first-order valence-corrected chi connectivity index (χ1v) is 4.99. The van der Waals surface area contributed by atoms with Crippen LogP contribution >= 0.6 is 0 Å². The van der Waals surface area contributed by atoms with Gasteiger partial charge in [0.1, 0.15) is 19.0 Å². The second kappa shape index (κ2) is 5.56. The third kappa shape index (κ3) is 7.31. The highest BCUT2D eigenvalue weighted by Gasteiger charge is 2.08. The molecule has 0 saturated carbocycles. The van der Waals surface area contributed by atoms with Gasteiger partial charge in [-0.05, 0) is 0 Å². The van der Waals surface area contributed by atoms with Gasteiger partial charge in [-0.25, -0.2) is 0 Å². The molecule has 0 atom stereocenters. The molecule has 0 aliphatic carbocycles. The van der Waals surface area contributed by atoms with Crippen LogP contribution in [0.15, 0.2) is 0 Å². The van der Waals surface area contributed by atoms with Gasteiger partial charge in [0.25, 0.3) is 10.1 Å². The Kier molecular flexibility index (Phi) is 5.11. The van der Waals surface area contributed by atoms with E-state index in [2.05, 4.69) is 8.92 Å². The van der Waals surface area contributed by atoms with E-state index >= 15 is 0 Å². The lowest BCUT2D eigenvalue weighted by Gasteiger charge is -2.02. The molecule has 0 heterocycles. The van der Waals surface area contributed by atoms with Gasteiger partial charge in [-0.1, -0.05) is 5.92 Å². The zero-order valence-electron chi connectivity index (χ0n) is 7.15. The fourth-order valence-electron chi connectivity index (χ4n) is 0.490. The van der Waals surface area contributed by atoms with Crippen LogP contribution in [0.5, 0.6) is 0 Å². The first-order chi connectivity index (χ1) is 5.98. The van der Waals surface area contributed by atoms with Crippen molar-refractivity contribution in [3.63, 3.8) is 0 Å². The van der Waals surface area contributed by atoms with Crippen molar-refractivity contribution >= 4 is 16.1 Å². The Morgan fingerprint density at radius 1 is 1.46 bits per heavy atom. The number of hydrogen-bond acceptors (Lipinski definition) is 5. The largest absolute Gasteiger partial charge is 0.463 e. The smallest absolute Gasteiger partial charge is 0.302 e. The summed E-state index contributed by atoms with van der Waals surface area (Å²) in [6.45, 7) is 0.915. The van der Waals surface area contributed by atoms with Gasteiger partial charge in [0.15, 0.2) is 0 Å². The predicted molar refractivity (Wildman–Crippen MR) is 45.2 cm³/mol. The number of rotatable bonds is 5. The molecule has 0 fully saturated rings. The van der Waals surface area contributed by atoms with Crippen LogP contribution in [0, 0.1) is 12.3 Å². The van der Waals surface area contributed by atoms with E-state index in [-0.39, 0.29) is 13.2 Å². The van der Waals surface area contributed by atoms with Crippen LogP contribution in [0.3, 0.4) is 0 Å². The molecule has 0 N–H and O–H groups in total. The quantitative estimate of drug-likeness (QED) is 0.263. The fraction of sp³-hybridized carbons (Fsp3) is 0.571. The second-order valence-corrected chi connectivity index (χ2v) is 3.71. The molecule has 0 aromatic heterocycles. The summed E-state index contributed by atoms with van der Waals surface area (Å²) >= 11 is 0. The number of carbonyl (C=O) groups excluding carboxylic acids is 1. The zero-order valence-corrected chi connectivity index (χ0v) is 7.96. The lowest BCUT2D eigenvalue weighted by atomic mass is 10.7. The third-order valence-corrected chi connectivity index (χ3v) is 1.96. The summed E-state index contributed by atoms with van der Waals surface area (Å²) in [6.07, 6.45) is 4.77. The van der Waals surface area contributed by atoms with Crippen LogP contribution in [-0.2, 0) is 23.8 Å². The van der Waals surface area contributed by atoms with Gasteiger partial charge < -0.3 is 4.74 Å². The van der Waals surface area contributed by atoms with Gasteiger partial charge in [0.05, 0.1) is 0 Å². The van der Waals surface area contributed by atoms with Crippen molar-refractivity contribution in [1.82, 2.24) is 0 Å². The van der Waals surface area contributed by atoms with Gasteiger partial charge >= 0.3 is 5.97 Å². The Labute approximate surface area is 77.2 Å². The van der Waals surface area contributed by atoms with Crippen molar-refractivity contribution in [3.8, 4) is 12.3 Å². The maximum Gasteiger partial charge on any atom is 0.302 e. The van der Waals surface area contributed by atoms with E-state index in [4.69, 9.17) is 6.42 Å². The number of esters is 1. The topological polar surface area (TPSA) is 69.7 Å². The van der Waals surface area contributed by atoms with E-state index in [0.29, 0.717) is 0 Å². The molecule has 0 aliphatic heterocycles. The molecule has 0 aromatic rings. The normalized spacial score (nSPS) is 10.5. The van der Waals surface area contributed by atoms with Crippen molar-refractivity contribution < 1.29 is 22.1 Å². The Balaban J connectivity index is 3.66. The van der Waals surface area contributed by atoms with Crippen LogP contribution in [0.25, 0.3) is 0 Å². The molecule has 0 spiro atoms. The highest BCUT2D eigenvalue weighted by molar-refractivity contribution is 7.86. The number of carbonyl (C=O) groups is 1. The predicted octanol–water partition coefficient (Wildman–Crippen LogP) is -0.471. The summed E-state index contributed by atoms with van der Waals surface area (Å²) in [4.78, 5) is 10.2. The molecular formula is C7H10O5S. The zero-order chi connectivity index (χ0) is 10.3. The summed E-state index contributed by atoms with van der Waals surface area (Å²) in [5, 5.41) is 0. The Bertz CT molecular complexity index is 297. The van der Waals surface area contributed by atoms with Crippen molar-refractivity contribution in [1.29, 1.82) is 0 Å². The van der Waals surface area contributed by atoms with Crippen LogP contribution in [0.4, 0.5) is 0 Å². The summed E-state index contributed by atoms with van der Waals surface area (Å²) < 4.78 is 30.3. The van der Waals surface area contributed by atoms with E-state index in [9.17, 15) is 13.2 Å². The van der Waals surface area contributed by atoms with Gasteiger partial charge in [0.2, 0.25) is 0 Å². The minimum atomic E-state index is -3.66. The van der Waals surface area contributed by atoms with Crippen molar-refractivity contribution in [2.45, 2.75) is 6.92 Å². The Morgan fingerprint density at radius 3 is 2.54 bits per heavy atom. The third-order valence-electron chi connectivity index (χ3n) is 0.912. The summed E-state index contributed by atoms with van der Waals surface area (Å²) in [7, 11) is -3.66. The highest BCUT2D eigenvalue weighted by Crippen LogP contribution is 1.91. The number of hydrogen-bond donors (Lipinski definition) is 0. The van der Waals surface area contributed by atoms with Gasteiger partial charge in [0, 0.05) is 6.92 Å². The monoisotopic (exact) mass is 206 g/mol. The maximum absolute atomic E-state index is 10.8. The molecule has 0 saturated heterocycles. The van der Waals surface area contributed by atoms with Crippen LogP contribution in [0.1, 0.15) is 6.92 Å². The molecule has 0 bridgehead atoms. The van der Waals surface area contributed by atoms with Gasteiger partial charge in [-0.3, -0.25) is 8.98 Å². The lowest BCUT2D eigenvalue weighted by Crippen LogP contribution is -2.14. The van der Waals surface area contributed by atoms with Crippen molar-refractivity contribution in [3.05, 3.63) is 0 Å². The van der Waals surface area contributed by atoms with Crippen LogP contribution < -0.4 is 0 Å². The van der Waals surface area contributed by atoms with E-state index in [1.165, 1.54) is 6.92 Å². The minimum absolute atomic E-state index is 0.0981. The molecule has 0 amide bonds. The first-order valence-electron chi connectivity index (χ1n) is 3.42. The molecule has 0 rings (SSSR count). The summed E-state index contributed by atoms with van der Waals surface area (Å²) in [5.41, 5.74) is 0. The average molecular weight is 206 g/mol. The maximum atomic E-state index is 10.8. The minimum Gasteiger partial charge on any atom is -0.463 e. The molecule has 0 aromatic carbocycles. The van der Waals surface area contributed by atoms with Gasteiger partial charge in [-0.2, -0.15) is 8.42 Å². The molecule has 13 heavy (non-hydrogen) atoms. The highest BCUT2D eigenvalue weighted by atomic mass is 32.2. The van der Waals surface area contributed by atoms with Crippen molar-refractivity contribution in [2.75, 3.05) is 19.0 Å². The molecule has 6 heteroatoms. The average Bonchev–Trinajstić information content (AvgIpc) is 1.98. The van der Waals surface area contributed by atoms with Crippen LogP contribution in [-0.4, -0.2) is 33.4 Å².